The van der Waals surface area contributed by atoms with Crippen LogP contribution in [0.2, 0.25) is 0 Å². The van der Waals surface area contributed by atoms with E-state index in [-0.39, 0.29) is 24.2 Å². The number of rotatable bonds is 5. The first kappa shape index (κ1) is 20.1. The molecule has 2 heterocycles. The van der Waals surface area contributed by atoms with Gasteiger partial charge in [0.15, 0.2) is 0 Å². The Morgan fingerprint density at radius 3 is 2.67 bits per heavy atom. The normalized spacial score (nSPS) is 18.5. The van der Waals surface area contributed by atoms with Crippen LogP contribution in [0.4, 0.5) is 5.69 Å². The molecule has 2 amide bonds. The largest absolute Gasteiger partial charge is 0.497 e. The van der Waals surface area contributed by atoms with Gasteiger partial charge in [-0.3, -0.25) is 9.59 Å². The summed E-state index contributed by atoms with van der Waals surface area (Å²) in [6, 6.07) is 13.0. The number of carbonyl (C=O) groups excluding carboxylic acids is 2. The lowest BCUT2D eigenvalue weighted by molar-refractivity contribution is -0.136. The summed E-state index contributed by atoms with van der Waals surface area (Å²) in [5.41, 5.74) is 1.73. The summed E-state index contributed by atoms with van der Waals surface area (Å²) in [6.07, 6.45) is 0.221. The molecule has 0 bridgehead atoms. The molecule has 0 spiro atoms. The molecule has 0 saturated carbocycles. The van der Waals surface area contributed by atoms with Crippen LogP contribution < -0.4 is 19.1 Å². The van der Waals surface area contributed by atoms with Gasteiger partial charge in [-0.1, -0.05) is 0 Å². The van der Waals surface area contributed by atoms with Crippen molar-refractivity contribution in [3.8, 4) is 17.2 Å². The molecule has 2 aliphatic rings. The predicted molar refractivity (Wildman–Crippen MR) is 112 cm³/mol. The molecule has 0 aromatic heterocycles. The zero-order chi connectivity index (χ0) is 21.1. The van der Waals surface area contributed by atoms with E-state index in [1.54, 1.807) is 16.9 Å². The molecule has 1 saturated heterocycles. The number of anilines is 1. The Bertz CT molecular complexity index is 928. The number of nitrogens with zero attached hydrogens (tertiary/aromatic N) is 2. The molecule has 2 aromatic rings. The topological polar surface area (TPSA) is 68.3 Å². The Kier molecular flexibility index (Phi) is 5.79. The van der Waals surface area contributed by atoms with Crippen molar-refractivity contribution < 1.29 is 23.8 Å². The summed E-state index contributed by atoms with van der Waals surface area (Å²) in [5.74, 6) is 1.83. The van der Waals surface area contributed by atoms with Crippen LogP contribution in [0.25, 0.3) is 0 Å². The predicted octanol–water partition coefficient (Wildman–Crippen LogP) is 2.87. The molecule has 0 N–H and O–H groups in total. The van der Waals surface area contributed by atoms with E-state index in [4.69, 9.17) is 14.2 Å². The maximum absolute atomic E-state index is 13.2. The van der Waals surface area contributed by atoms with Gasteiger partial charge in [-0.2, -0.15) is 0 Å². The molecule has 158 valence electrons. The maximum Gasteiger partial charge on any atom is 0.228 e. The molecule has 1 fully saturated rings. The highest BCUT2D eigenvalue weighted by atomic mass is 16.5. The van der Waals surface area contributed by atoms with Gasteiger partial charge in [-0.05, 0) is 43.3 Å². The van der Waals surface area contributed by atoms with Crippen molar-refractivity contribution >= 4 is 17.5 Å². The van der Waals surface area contributed by atoms with Crippen molar-refractivity contribution in [3.05, 3.63) is 48.0 Å². The highest BCUT2D eigenvalue weighted by molar-refractivity contribution is 6.00. The third-order valence-corrected chi connectivity index (χ3v) is 5.50. The van der Waals surface area contributed by atoms with Crippen molar-refractivity contribution in [3.63, 3.8) is 0 Å². The lowest BCUT2D eigenvalue weighted by Gasteiger charge is -2.23. The molecule has 0 radical (unpaired) electrons. The standard InChI is InChI=1S/C23H26N2O5/c1-3-29-19-8-5-18(6-9-19)25-15-17(12-22(25)26)23(27)24-10-11-30-21-13-20(28-2)7-4-16(21)14-24/h4-9,13,17H,3,10-12,14-15H2,1-2H3. The number of carbonyl (C=O) groups is 2. The second kappa shape index (κ2) is 8.65. The van der Waals surface area contributed by atoms with Crippen LogP contribution in [0, 0.1) is 5.92 Å². The van der Waals surface area contributed by atoms with Crippen molar-refractivity contribution in [1.29, 1.82) is 0 Å². The summed E-state index contributed by atoms with van der Waals surface area (Å²) in [4.78, 5) is 29.3. The van der Waals surface area contributed by atoms with Gasteiger partial charge in [0.25, 0.3) is 0 Å². The first-order chi connectivity index (χ1) is 14.6. The molecule has 7 heteroatoms. The van der Waals surface area contributed by atoms with Gasteiger partial charge in [0, 0.05) is 36.8 Å². The van der Waals surface area contributed by atoms with E-state index in [9.17, 15) is 9.59 Å². The zero-order valence-corrected chi connectivity index (χ0v) is 17.3. The fraction of sp³-hybridized carbons (Fsp3) is 0.391. The van der Waals surface area contributed by atoms with Crippen LogP contribution in [0.1, 0.15) is 18.9 Å². The van der Waals surface area contributed by atoms with E-state index in [0.717, 1.165) is 28.5 Å². The van der Waals surface area contributed by atoms with E-state index in [1.165, 1.54) is 0 Å². The van der Waals surface area contributed by atoms with Crippen LogP contribution >= 0.6 is 0 Å². The number of amides is 2. The summed E-state index contributed by atoms with van der Waals surface area (Å²) in [6.45, 7) is 4.27. The molecule has 30 heavy (non-hydrogen) atoms. The highest BCUT2D eigenvalue weighted by Gasteiger charge is 2.37. The van der Waals surface area contributed by atoms with Crippen LogP contribution in [0.3, 0.4) is 0 Å². The zero-order valence-electron chi connectivity index (χ0n) is 17.3. The monoisotopic (exact) mass is 410 g/mol. The Morgan fingerprint density at radius 2 is 1.93 bits per heavy atom. The highest BCUT2D eigenvalue weighted by Crippen LogP contribution is 2.31. The molecular weight excluding hydrogens is 384 g/mol. The Hall–Kier alpha value is -3.22. The minimum Gasteiger partial charge on any atom is -0.497 e. The smallest absolute Gasteiger partial charge is 0.228 e. The third kappa shape index (κ3) is 4.06. The van der Waals surface area contributed by atoms with Gasteiger partial charge >= 0.3 is 0 Å². The van der Waals surface area contributed by atoms with Crippen LogP contribution in [-0.2, 0) is 16.1 Å². The van der Waals surface area contributed by atoms with Gasteiger partial charge in [0.2, 0.25) is 11.8 Å². The molecule has 1 atom stereocenters. The summed E-state index contributed by atoms with van der Waals surface area (Å²) < 4.78 is 16.5. The van der Waals surface area contributed by atoms with Crippen LogP contribution in [0.15, 0.2) is 42.5 Å². The van der Waals surface area contributed by atoms with Crippen molar-refractivity contribution in [2.24, 2.45) is 5.92 Å². The average molecular weight is 410 g/mol. The first-order valence-corrected chi connectivity index (χ1v) is 10.2. The van der Waals surface area contributed by atoms with E-state index in [2.05, 4.69) is 0 Å². The number of ether oxygens (including phenoxy) is 3. The van der Waals surface area contributed by atoms with Gasteiger partial charge in [-0.15, -0.1) is 0 Å². The lowest BCUT2D eigenvalue weighted by Crippen LogP contribution is -2.38. The molecular formula is C23H26N2O5. The van der Waals surface area contributed by atoms with Crippen molar-refractivity contribution in [2.45, 2.75) is 19.9 Å². The van der Waals surface area contributed by atoms with E-state index in [0.29, 0.717) is 32.8 Å². The molecule has 2 aromatic carbocycles. The van der Waals surface area contributed by atoms with E-state index in [1.807, 2.05) is 49.4 Å². The number of methoxy groups -OCH3 is 1. The van der Waals surface area contributed by atoms with Gasteiger partial charge < -0.3 is 24.0 Å². The van der Waals surface area contributed by atoms with Crippen molar-refractivity contribution in [2.75, 3.05) is 38.3 Å². The van der Waals surface area contributed by atoms with Gasteiger partial charge in [0.1, 0.15) is 23.9 Å². The number of hydrogen-bond donors (Lipinski definition) is 0. The van der Waals surface area contributed by atoms with Crippen molar-refractivity contribution in [1.82, 2.24) is 4.90 Å². The SMILES string of the molecule is CCOc1ccc(N2CC(C(=O)N3CCOc4cc(OC)ccc4C3)CC2=O)cc1. The fourth-order valence-corrected chi connectivity index (χ4v) is 3.94. The third-order valence-electron chi connectivity index (χ3n) is 5.50. The number of benzene rings is 2. The summed E-state index contributed by atoms with van der Waals surface area (Å²) in [5, 5.41) is 0. The second-order valence-corrected chi connectivity index (χ2v) is 7.41. The van der Waals surface area contributed by atoms with Crippen LogP contribution in [-0.4, -0.2) is 50.1 Å². The van der Waals surface area contributed by atoms with E-state index < -0.39 is 0 Å². The summed E-state index contributed by atoms with van der Waals surface area (Å²) >= 11 is 0. The maximum atomic E-state index is 13.2. The quantitative estimate of drug-likeness (QED) is 0.758. The molecule has 0 aliphatic carbocycles. The molecule has 2 aliphatic heterocycles. The van der Waals surface area contributed by atoms with Gasteiger partial charge in [0.05, 0.1) is 26.2 Å². The Labute approximate surface area is 176 Å². The van der Waals surface area contributed by atoms with Crippen LogP contribution in [0.5, 0.6) is 17.2 Å². The minimum atomic E-state index is -0.358. The number of fused-ring (bicyclic) bond motifs is 1. The number of hydrogen-bond acceptors (Lipinski definition) is 5. The first-order valence-electron chi connectivity index (χ1n) is 10.2. The average Bonchev–Trinajstić information content (AvgIpc) is 3.02. The minimum absolute atomic E-state index is 0.0101. The molecule has 7 nitrogen and oxygen atoms in total. The van der Waals surface area contributed by atoms with E-state index >= 15 is 0 Å². The van der Waals surface area contributed by atoms with Gasteiger partial charge in [-0.25, -0.2) is 0 Å². The Balaban J connectivity index is 1.45. The molecule has 1 unspecified atom stereocenters. The fourth-order valence-electron chi connectivity index (χ4n) is 3.94. The second-order valence-electron chi connectivity index (χ2n) is 7.41. The Morgan fingerprint density at radius 1 is 1.17 bits per heavy atom. The lowest BCUT2D eigenvalue weighted by atomic mass is 10.1. The summed E-state index contributed by atoms with van der Waals surface area (Å²) in [7, 11) is 1.61. The molecule has 4 rings (SSSR count).